The molecule has 0 radical (unpaired) electrons. The van der Waals surface area contributed by atoms with Crippen LogP contribution >= 0.6 is 0 Å². The van der Waals surface area contributed by atoms with E-state index in [-0.39, 0.29) is 5.92 Å². The van der Waals surface area contributed by atoms with Crippen LogP contribution in [0.4, 0.5) is 0 Å². The second-order valence-corrected chi connectivity index (χ2v) is 7.92. The zero-order valence-corrected chi connectivity index (χ0v) is 17.5. The van der Waals surface area contributed by atoms with E-state index in [1.807, 2.05) is 24.3 Å². The minimum absolute atomic E-state index is 0.148. The first-order chi connectivity index (χ1) is 14.1. The molecule has 1 aliphatic heterocycles. The molecule has 0 saturated carbocycles. The standard InChI is InChI=1S/C26H27NO2/c1-18-13-15-19(16-14-18)25-20-9-5-8-12-24(20)29-26(22(25)17-27(2)3)21-10-6-7-11-23(21)28-4/h5-16,25H,17H2,1-4H3/p+1. The summed E-state index contributed by atoms with van der Waals surface area (Å²) in [6.45, 7) is 3.00. The lowest BCUT2D eigenvalue weighted by molar-refractivity contribution is -0.853. The molecule has 0 amide bonds. The number of hydrogen-bond acceptors (Lipinski definition) is 2. The van der Waals surface area contributed by atoms with Gasteiger partial charge in [-0.25, -0.2) is 0 Å². The summed E-state index contributed by atoms with van der Waals surface area (Å²) in [5.41, 5.74) is 6.04. The van der Waals surface area contributed by atoms with Crippen molar-refractivity contribution in [2.75, 3.05) is 27.7 Å². The van der Waals surface area contributed by atoms with Crippen molar-refractivity contribution in [3.05, 3.63) is 101 Å². The number of nitrogens with one attached hydrogen (secondary N) is 1. The molecule has 1 aliphatic rings. The number of aryl methyl sites for hydroxylation is 1. The highest BCUT2D eigenvalue weighted by Gasteiger charge is 2.33. The number of quaternary nitrogens is 1. The Morgan fingerprint density at radius 2 is 1.59 bits per heavy atom. The SMILES string of the molecule is COc1ccccc1C1=C(C[NH+](C)C)C(c2ccc(C)cc2)c2ccccc2O1. The molecular weight excluding hydrogens is 358 g/mol. The smallest absolute Gasteiger partial charge is 0.144 e. The van der Waals surface area contributed by atoms with E-state index in [0.29, 0.717) is 0 Å². The molecule has 0 saturated heterocycles. The third kappa shape index (κ3) is 3.79. The third-order valence-corrected chi connectivity index (χ3v) is 5.39. The summed E-state index contributed by atoms with van der Waals surface area (Å²) in [6.07, 6.45) is 0. The number of ether oxygens (including phenoxy) is 2. The third-order valence-electron chi connectivity index (χ3n) is 5.39. The normalized spacial score (nSPS) is 15.8. The van der Waals surface area contributed by atoms with E-state index >= 15 is 0 Å². The molecule has 3 aromatic carbocycles. The Kier molecular flexibility index (Phi) is 5.41. The number of hydrogen-bond donors (Lipinski definition) is 1. The summed E-state index contributed by atoms with van der Waals surface area (Å²) < 4.78 is 12.2. The van der Waals surface area contributed by atoms with Crippen molar-refractivity contribution in [3.63, 3.8) is 0 Å². The fourth-order valence-electron chi connectivity index (χ4n) is 4.07. The average Bonchev–Trinajstić information content (AvgIpc) is 2.73. The number of fused-ring (bicyclic) bond motifs is 1. The van der Waals surface area contributed by atoms with Crippen LogP contribution in [0.2, 0.25) is 0 Å². The number of likely N-dealkylation sites (N-methyl/N-ethyl adjacent to an activating group) is 1. The number of rotatable bonds is 5. The molecule has 1 atom stereocenters. The Labute approximate surface area is 173 Å². The van der Waals surface area contributed by atoms with Gasteiger partial charge in [0, 0.05) is 17.1 Å². The first-order valence-electron chi connectivity index (χ1n) is 10.1. The van der Waals surface area contributed by atoms with Gasteiger partial charge in [-0.3, -0.25) is 0 Å². The van der Waals surface area contributed by atoms with Gasteiger partial charge < -0.3 is 14.4 Å². The van der Waals surface area contributed by atoms with Crippen LogP contribution in [0.15, 0.2) is 78.4 Å². The van der Waals surface area contributed by atoms with E-state index in [2.05, 4.69) is 69.6 Å². The lowest BCUT2D eigenvalue weighted by atomic mass is 9.80. The molecule has 3 aromatic rings. The molecule has 1 heterocycles. The Morgan fingerprint density at radius 1 is 0.897 bits per heavy atom. The molecule has 0 fully saturated rings. The van der Waals surface area contributed by atoms with Gasteiger partial charge in [-0.2, -0.15) is 0 Å². The van der Waals surface area contributed by atoms with Crippen molar-refractivity contribution < 1.29 is 14.4 Å². The predicted octanol–water partition coefficient (Wildman–Crippen LogP) is 4.08. The fourth-order valence-corrected chi connectivity index (χ4v) is 4.07. The highest BCUT2D eigenvalue weighted by Crippen LogP contribution is 2.46. The Balaban J connectivity index is 1.98. The summed E-state index contributed by atoms with van der Waals surface area (Å²) in [6, 6.07) is 25.3. The quantitative estimate of drug-likeness (QED) is 0.714. The maximum atomic E-state index is 6.54. The molecule has 3 heteroatoms. The highest BCUT2D eigenvalue weighted by atomic mass is 16.5. The molecule has 29 heavy (non-hydrogen) atoms. The van der Waals surface area contributed by atoms with E-state index in [4.69, 9.17) is 9.47 Å². The number of benzene rings is 3. The van der Waals surface area contributed by atoms with Gasteiger partial charge in [0.25, 0.3) is 0 Å². The minimum atomic E-state index is 0.148. The summed E-state index contributed by atoms with van der Waals surface area (Å²) in [5, 5.41) is 0. The van der Waals surface area contributed by atoms with Gasteiger partial charge in [-0.1, -0.05) is 60.2 Å². The Bertz CT molecular complexity index is 1030. The number of para-hydroxylation sites is 2. The van der Waals surface area contributed by atoms with Gasteiger partial charge in [0.1, 0.15) is 23.8 Å². The Morgan fingerprint density at radius 3 is 2.31 bits per heavy atom. The van der Waals surface area contributed by atoms with Gasteiger partial charge in [-0.15, -0.1) is 0 Å². The average molecular weight is 387 g/mol. The van der Waals surface area contributed by atoms with E-state index < -0.39 is 0 Å². The largest absolute Gasteiger partial charge is 0.496 e. The molecule has 0 bridgehead atoms. The van der Waals surface area contributed by atoms with E-state index in [0.717, 1.165) is 29.4 Å². The zero-order valence-electron chi connectivity index (χ0n) is 17.5. The van der Waals surface area contributed by atoms with Crippen LogP contribution in [-0.2, 0) is 0 Å². The van der Waals surface area contributed by atoms with E-state index in [1.54, 1.807) is 7.11 Å². The molecule has 1 unspecified atom stereocenters. The van der Waals surface area contributed by atoms with Crippen molar-refractivity contribution in [1.82, 2.24) is 0 Å². The van der Waals surface area contributed by atoms with E-state index in [1.165, 1.54) is 27.2 Å². The minimum Gasteiger partial charge on any atom is -0.496 e. The topological polar surface area (TPSA) is 22.9 Å². The monoisotopic (exact) mass is 386 g/mol. The lowest BCUT2D eigenvalue weighted by Gasteiger charge is -2.32. The first kappa shape index (κ1) is 19.3. The molecule has 4 rings (SSSR count). The predicted molar refractivity (Wildman–Crippen MR) is 118 cm³/mol. The van der Waals surface area contributed by atoms with Crippen LogP contribution in [0.25, 0.3) is 5.76 Å². The molecule has 0 spiro atoms. The van der Waals surface area contributed by atoms with Crippen LogP contribution < -0.4 is 14.4 Å². The van der Waals surface area contributed by atoms with Crippen molar-refractivity contribution in [2.24, 2.45) is 0 Å². The van der Waals surface area contributed by atoms with Crippen molar-refractivity contribution in [1.29, 1.82) is 0 Å². The zero-order chi connectivity index (χ0) is 20.4. The summed E-state index contributed by atoms with van der Waals surface area (Å²) >= 11 is 0. The van der Waals surface area contributed by atoms with Crippen LogP contribution in [0.3, 0.4) is 0 Å². The lowest BCUT2D eigenvalue weighted by Crippen LogP contribution is -3.06. The summed E-state index contributed by atoms with van der Waals surface area (Å²) in [5.74, 6) is 2.80. The van der Waals surface area contributed by atoms with Gasteiger partial charge in [0.15, 0.2) is 0 Å². The molecule has 148 valence electrons. The van der Waals surface area contributed by atoms with Gasteiger partial charge in [-0.05, 0) is 30.7 Å². The van der Waals surface area contributed by atoms with Crippen LogP contribution in [-0.4, -0.2) is 27.7 Å². The van der Waals surface area contributed by atoms with Crippen LogP contribution in [0.5, 0.6) is 11.5 Å². The summed E-state index contributed by atoms with van der Waals surface area (Å²) in [4.78, 5) is 1.35. The molecule has 0 aliphatic carbocycles. The van der Waals surface area contributed by atoms with Crippen molar-refractivity contribution in [3.8, 4) is 11.5 Å². The maximum absolute atomic E-state index is 6.54. The van der Waals surface area contributed by atoms with Crippen LogP contribution in [0, 0.1) is 6.92 Å². The van der Waals surface area contributed by atoms with Crippen molar-refractivity contribution >= 4 is 5.76 Å². The van der Waals surface area contributed by atoms with E-state index in [9.17, 15) is 0 Å². The molecule has 1 N–H and O–H groups in total. The second-order valence-electron chi connectivity index (χ2n) is 7.92. The molecular formula is C26H28NO2+. The van der Waals surface area contributed by atoms with Crippen LogP contribution in [0.1, 0.15) is 28.2 Å². The fraction of sp³-hybridized carbons (Fsp3) is 0.231. The highest BCUT2D eigenvalue weighted by molar-refractivity contribution is 5.75. The second kappa shape index (κ2) is 8.14. The van der Waals surface area contributed by atoms with Crippen molar-refractivity contribution in [2.45, 2.75) is 12.8 Å². The number of methoxy groups -OCH3 is 1. The Hall–Kier alpha value is -3.04. The molecule has 3 nitrogen and oxygen atoms in total. The van der Waals surface area contributed by atoms with Gasteiger partial charge >= 0.3 is 0 Å². The van der Waals surface area contributed by atoms with Gasteiger partial charge in [0.2, 0.25) is 0 Å². The molecule has 0 aromatic heterocycles. The first-order valence-corrected chi connectivity index (χ1v) is 10.1. The maximum Gasteiger partial charge on any atom is 0.144 e. The summed E-state index contributed by atoms with van der Waals surface area (Å²) in [7, 11) is 6.07. The van der Waals surface area contributed by atoms with Gasteiger partial charge in [0.05, 0.1) is 26.8 Å².